The van der Waals surface area contributed by atoms with E-state index in [1.54, 1.807) is 6.92 Å². The quantitative estimate of drug-likeness (QED) is 0.480. The minimum absolute atomic E-state index is 0.321. The smallest absolute Gasteiger partial charge is 0.284 e. The van der Waals surface area contributed by atoms with Crippen LogP contribution in [-0.4, -0.2) is 18.6 Å². The minimum atomic E-state index is -4.80. The Balaban J connectivity index is 3.54. The number of carbonyl (C=O) groups is 1. The Morgan fingerprint density at radius 1 is 1.45 bits per heavy atom. The normalized spacial score (nSPS) is 11.3. The highest BCUT2D eigenvalue weighted by Crippen LogP contribution is 2.13. The van der Waals surface area contributed by atoms with Crippen LogP contribution in [0.5, 0.6) is 0 Å². The highest BCUT2D eigenvalue weighted by molar-refractivity contribution is 5.81. The van der Waals surface area contributed by atoms with E-state index in [0.717, 1.165) is 0 Å². The maximum atomic E-state index is 11.4. The topological polar surface area (TPSA) is 41.1 Å². The molecular weight excluding hydrogens is 161 g/mol. The van der Waals surface area contributed by atoms with Crippen molar-refractivity contribution in [3.05, 3.63) is 0 Å². The lowest BCUT2D eigenvalue weighted by atomic mass is 10.5. The van der Waals surface area contributed by atoms with Gasteiger partial charge >= 0.3 is 12.1 Å². The van der Waals surface area contributed by atoms with Gasteiger partial charge in [-0.05, 0) is 6.42 Å². The summed E-state index contributed by atoms with van der Waals surface area (Å²) in [5, 5.41) is 0. The predicted molar refractivity (Wildman–Crippen MR) is 32.5 cm³/mol. The molecule has 0 rings (SSSR count). The van der Waals surface area contributed by atoms with Crippen LogP contribution >= 0.6 is 0 Å². The highest BCUT2D eigenvalue weighted by Gasteiger charge is 2.38. The third kappa shape index (κ3) is 4.60. The molecule has 0 aliphatic rings. The fraction of sp³-hybridized carbons (Fsp3) is 0.800. The van der Waals surface area contributed by atoms with Crippen molar-refractivity contribution >= 4 is 5.91 Å². The average molecular weight is 170 g/mol. The standard InChI is InChI=1S/C5H9F3N2O/c1-2-3-9-10-4(11)5(6,7)8/h9H,2-3H2,1H3,(H,10,11). The number of amides is 1. The average Bonchev–Trinajstić information content (AvgIpc) is 1.86. The van der Waals surface area contributed by atoms with Crippen LogP contribution in [0, 0.1) is 0 Å². The lowest BCUT2D eigenvalue weighted by Crippen LogP contribution is -2.45. The van der Waals surface area contributed by atoms with E-state index in [9.17, 15) is 18.0 Å². The van der Waals surface area contributed by atoms with Gasteiger partial charge in [0.1, 0.15) is 0 Å². The molecule has 0 aromatic rings. The van der Waals surface area contributed by atoms with Gasteiger partial charge in [-0.1, -0.05) is 6.92 Å². The Morgan fingerprint density at radius 2 is 2.00 bits per heavy atom. The molecule has 2 N–H and O–H groups in total. The van der Waals surface area contributed by atoms with E-state index in [1.165, 1.54) is 5.43 Å². The van der Waals surface area contributed by atoms with Crippen LogP contribution in [0.1, 0.15) is 13.3 Å². The van der Waals surface area contributed by atoms with E-state index in [4.69, 9.17) is 0 Å². The molecule has 0 spiro atoms. The van der Waals surface area contributed by atoms with Crippen molar-refractivity contribution in [1.29, 1.82) is 0 Å². The van der Waals surface area contributed by atoms with Gasteiger partial charge in [0.05, 0.1) is 0 Å². The summed E-state index contributed by atoms with van der Waals surface area (Å²) in [6.45, 7) is 2.09. The molecule has 0 saturated heterocycles. The fourth-order valence-electron chi connectivity index (χ4n) is 0.339. The number of nitrogens with one attached hydrogen (secondary N) is 2. The van der Waals surface area contributed by atoms with E-state index < -0.39 is 12.1 Å². The van der Waals surface area contributed by atoms with Gasteiger partial charge in [0.25, 0.3) is 0 Å². The summed E-state index contributed by atoms with van der Waals surface area (Å²) in [5.41, 5.74) is 3.63. The Morgan fingerprint density at radius 3 is 2.36 bits per heavy atom. The van der Waals surface area contributed by atoms with Crippen LogP contribution in [0.2, 0.25) is 0 Å². The van der Waals surface area contributed by atoms with E-state index in [-0.39, 0.29) is 0 Å². The lowest BCUT2D eigenvalue weighted by Gasteiger charge is -2.07. The molecule has 11 heavy (non-hydrogen) atoms. The zero-order valence-corrected chi connectivity index (χ0v) is 5.96. The summed E-state index contributed by atoms with van der Waals surface area (Å²) in [7, 11) is 0. The summed E-state index contributed by atoms with van der Waals surface area (Å²) in [5.74, 6) is -1.97. The molecule has 0 heterocycles. The fourth-order valence-corrected chi connectivity index (χ4v) is 0.339. The monoisotopic (exact) mass is 170 g/mol. The second-order valence-electron chi connectivity index (χ2n) is 1.88. The van der Waals surface area contributed by atoms with E-state index >= 15 is 0 Å². The molecule has 0 saturated carbocycles. The van der Waals surface area contributed by atoms with Crippen molar-refractivity contribution in [2.45, 2.75) is 19.5 Å². The molecule has 0 bridgehead atoms. The molecule has 0 fully saturated rings. The number of carbonyl (C=O) groups excluding carboxylic acids is 1. The molecule has 0 aliphatic carbocycles. The number of rotatable bonds is 3. The number of hydrogen-bond donors (Lipinski definition) is 2. The van der Waals surface area contributed by atoms with Gasteiger partial charge in [0.15, 0.2) is 0 Å². The van der Waals surface area contributed by atoms with E-state index in [2.05, 4.69) is 5.43 Å². The van der Waals surface area contributed by atoms with Gasteiger partial charge in [-0.15, -0.1) is 0 Å². The summed E-state index contributed by atoms with van der Waals surface area (Å²) in [4.78, 5) is 10.0. The molecule has 0 radical (unpaired) electrons. The van der Waals surface area contributed by atoms with Crippen LogP contribution < -0.4 is 10.9 Å². The van der Waals surface area contributed by atoms with Crippen LogP contribution in [0.4, 0.5) is 13.2 Å². The maximum absolute atomic E-state index is 11.4. The molecule has 0 aromatic heterocycles. The van der Waals surface area contributed by atoms with Crippen molar-refractivity contribution in [2.75, 3.05) is 6.54 Å². The second-order valence-corrected chi connectivity index (χ2v) is 1.88. The Labute approximate surface area is 61.9 Å². The Bertz CT molecular complexity index is 134. The van der Waals surface area contributed by atoms with Gasteiger partial charge in [-0.3, -0.25) is 10.2 Å². The van der Waals surface area contributed by atoms with Crippen molar-refractivity contribution in [2.24, 2.45) is 0 Å². The minimum Gasteiger partial charge on any atom is -0.284 e. The Hall–Kier alpha value is -0.780. The number of halogens is 3. The van der Waals surface area contributed by atoms with Gasteiger partial charge in [-0.25, -0.2) is 5.43 Å². The maximum Gasteiger partial charge on any atom is 0.472 e. The van der Waals surface area contributed by atoms with E-state index in [0.29, 0.717) is 13.0 Å². The molecule has 3 nitrogen and oxygen atoms in total. The van der Waals surface area contributed by atoms with Crippen molar-refractivity contribution in [1.82, 2.24) is 10.9 Å². The predicted octanol–water partition coefficient (Wildman–Crippen LogP) is 0.579. The third-order valence-corrected chi connectivity index (χ3v) is 0.834. The van der Waals surface area contributed by atoms with Crippen molar-refractivity contribution in [3.63, 3.8) is 0 Å². The molecule has 1 amide bonds. The highest BCUT2D eigenvalue weighted by atomic mass is 19.4. The molecule has 0 atom stereocenters. The summed E-state index contributed by atoms with van der Waals surface area (Å²) < 4.78 is 34.3. The molecule has 0 unspecified atom stereocenters. The SMILES string of the molecule is CCCNNC(=O)C(F)(F)F. The van der Waals surface area contributed by atoms with Crippen molar-refractivity contribution < 1.29 is 18.0 Å². The second kappa shape index (κ2) is 4.17. The zero-order valence-electron chi connectivity index (χ0n) is 5.96. The number of hydrogen-bond acceptors (Lipinski definition) is 2. The molecular formula is C5H9F3N2O. The lowest BCUT2D eigenvalue weighted by molar-refractivity contribution is -0.174. The van der Waals surface area contributed by atoms with Gasteiger partial charge in [-0.2, -0.15) is 13.2 Å². The van der Waals surface area contributed by atoms with Crippen LogP contribution in [0.25, 0.3) is 0 Å². The third-order valence-electron chi connectivity index (χ3n) is 0.834. The molecule has 66 valence electrons. The van der Waals surface area contributed by atoms with Crippen LogP contribution in [0.3, 0.4) is 0 Å². The van der Waals surface area contributed by atoms with Crippen LogP contribution in [-0.2, 0) is 4.79 Å². The zero-order chi connectivity index (χ0) is 8.91. The van der Waals surface area contributed by atoms with Crippen LogP contribution in [0.15, 0.2) is 0 Å². The number of hydrazine groups is 1. The van der Waals surface area contributed by atoms with Crippen molar-refractivity contribution in [3.8, 4) is 0 Å². The van der Waals surface area contributed by atoms with Gasteiger partial charge < -0.3 is 0 Å². The first-order chi connectivity index (χ1) is 4.98. The molecule has 6 heteroatoms. The largest absolute Gasteiger partial charge is 0.472 e. The first-order valence-electron chi connectivity index (χ1n) is 3.08. The number of alkyl halides is 3. The van der Waals surface area contributed by atoms with E-state index in [1.807, 2.05) is 0 Å². The summed E-state index contributed by atoms with van der Waals surface area (Å²) in [6.07, 6.45) is -4.15. The molecule has 0 aromatic carbocycles. The summed E-state index contributed by atoms with van der Waals surface area (Å²) >= 11 is 0. The first-order valence-corrected chi connectivity index (χ1v) is 3.08. The Kier molecular flexibility index (Phi) is 3.88. The molecule has 0 aliphatic heterocycles. The first kappa shape index (κ1) is 10.2. The van der Waals surface area contributed by atoms with Gasteiger partial charge in [0, 0.05) is 6.54 Å². The summed E-state index contributed by atoms with van der Waals surface area (Å²) in [6, 6.07) is 0. The van der Waals surface area contributed by atoms with Gasteiger partial charge in [0.2, 0.25) is 0 Å².